The van der Waals surface area contributed by atoms with Gasteiger partial charge in [0, 0.05) is 5.54 Å². The van der Waals surface area contributed by atoms with Gasteiger partial charge in [0.15, 0.2) is 0 Å². The van der Waals surface area contributed by atoms with Gasteiger partial charge in [0.1, 0.15) is 11.8 Å². The summed E-state index contributed by atoms with van der Waals surface area (Å²) in [5, 5.41) is 12.2. The van der Waals surface area contributed by atoms with Gasteiger partial charge in [-0.3, -0.25) is 0 Å². The summed E-state index contributed by atoms with van der Waals surface area (Å²) >= 11 is 0. The molecule has 3 heteroatoms. The Morgan fingerprint density at radius 1 is 1.15 bits per heavy atom. The molecule has 0 aliphatic heterocycles. The van der Waals surface area contributed by atoms with Gasteiger partial charge in [-0.15, -0.1) is 0 Å². The highest BCUT2D eigenvalue weighted by Crippen LogP contribution is 2.15. The molecule has 0 unspecified atom stereocenters. The molecule has 0 spiro atoms. The van der Waals surface area contributed by atoms with Crippen molar-refractivity contribution in [1.29, 1.82) is 5.26 Å². The number of nitriles is 1. The number of nitrogens with zero attached hydrogens (tertiary/aromatic N) is 1. The van der Waals surface area contributed by atoms with Crippen LogP contribution in [0.1, 0.15) is 37.4 Å². The van der Waals surface area contributed by atoms with Crippen LogP contribution in [0.5, 0.6) is 0 Å². The lowest BCUT2D eigenvalue weighted by Crippen LogP contribution is -2.39. The largest absolute Gasteiger partial charge is 0.449 e. The van der Waals surface area contributed by atoms with Crippen molar-refractivity contribution in [1.82, 2.24) is 5.32 Å². The van der Waals surface area contributed by atoms with Crippen LogP contribution in [0.2, 0.25) is 0 Å². The van der Waals surface area contributed by atoms with Crippen LogP contribution in [0, 0.1) is 11.3 Å². The SMILES string of the molecule is CC(C)(CCc1ccccc1)NCc1ccc(C#N)o1. The maximum absolute atomic E-state index is 8.73. The maximum Gasteiger partial charge on any atom is 0.203 e. The highest BCUT2D eigenvalue weighted by molar-refractivity contribution is 5.19. The minimum atomic E-state index is 0.0233. The van der Waals surface area contributed by atoms with Gasteiger partial charge in [-0.05, 0) is 44.4 Å². The highest BCUT2D eigenvalue weighted by atomic mass is 16.3. The van der Waals surface area contributed by atoms with E-state index in [2.05, 4.69) is 43.4 Å². The normalized spacial score (nSPS) is 11.2. The minimum Gasteiger partial charge on any atom is -0.449 e. The number of hydrogen-bond donors (Lipinski definition) is 1. The molecular formula is C17H20N2O. The van der Waals surface area contributed by atoms with E-state index < -0.39 is 0 Å². The molecule has 1 aromatic heterocycles. The zero-order chi connectivity index (χ0) is 14.4. The van der Waals surface area contributed by atoms with Gasteiger partial charge < -0.3 is 9.73 Å². The van der Waals surface area contributed by atoms with Crippen molar-refractivity contribution in [3.05, 3.63) is 59.5 Å². The van der Waals surface area contributed by atoms with Crippen molar-refractivity contribution in [3.8, 4) is 6.07 Å². The van der Waals surface area contributed by atoms with Crippen molar-refractivity contribution in [2.75, 3.05) is 0 Å². The van der Waals surface area contributed by atoms with Crippen molar-refractivity contribution in [2.45, 2.75) is 38.8 Å². The van der Waals surface area contributed by atoms with Crippen molar-refractivity contribution < 1.29 is 4.42 Å². The molecule has 1 N–H and O–H groups in total. The minimum absolute atomic E-state index is 0.0233. The maximum atomic E-state index is 8.73. The third-order valence-corrected chi connectivity index (χ3v) is 3.39. The summed E-state index contributed by atoms with van der Waals surface area (Å²) in [7, 11) is 0. The molecule has 0 saturated carbocycles. The molecule has 1 heterocycles. The summed E-state index contributed by atoms with van der Waals surface area (Å²) in [5.41, 5.74) is 1.38. The quantitative estimate of drug-likeness (QED) is 0.870. The molecule has 0 aliphatic carbocycles. The first-order valence-corrected chi connectivity index (χ1v) is 6.87. The summed E-state index contributed by atoms with van der Waals surface area (Å²) in [6, 6.07) is 16.0. The topological polar surface area (TPSA) is 49.0 Å². The molecule has 1 aromatic carbocycles. The second-order valence-electron chi connectivity index (χ2n) is 5.60. The molecule has 0 radical (unpaired) electrons. The van der Waals surface area contributed by atoms with Crippen LogP contribution in [-0.2, 0) is 13.0 Å². The van der Waals surface area contributed by atoms with Gasteiger partial charge in [-0.25, -0.2) is 0 Å². The standard InChI is InChI=1S/C17H20N2O/c1-17(2,11-10-14-6-4-3-5-7-14)19-13-16-9-8-15(12-18)20-16/h3-9,19H,10-11,13H2,1-2H3. The van der Waals surface area contributed by atoms with Gasteiger partial charge in [0.05, 0.1) is 6.54 Å². The lowest BCUT2D eigenvalue weighted by Gasteiger charge is -2.26. The number of nitrogens with one attached hydrogen (secondary N) is 1. The Hall–Kier alpha value is -2.05. The Morgan fingerprint density at radius 2 is 1.90 bits per heavy atom. The number of aryl methyl sites for hydroxylation is 1. The van der Waals surface area contributed by atoms with E-state index >= 15 is 0 Å². The molecular weight excluding hydrogens is 248 g/mol. The van der Waals surface area contributed by atoms with Crippen LogP contribution in [0.3, 0.4) is 0 Å². The van der Waals surface area contributed by atoms with Crippen LogP contribution in [0.15, 0.2) is 46.9 Å². The Bertz CT molecular complexity index is 579. The predicted molar refractivity (Wildman–Crippen MR) is 79.1 cm³/mol. The first-order chi connectivity index (χ1) is 9.59. The predicted octanol–water partition coefficient (Wildman–Crippen LogP) is 3.65. The zero-order valence-corrected chi connectivity index (χ0v) is 12.0. The van der Waals surface area contributed by atoms with Gasteiger partial charge in [-0.2, -0.15) is 5.26 Å². The van der Waals surface area contributed by atoms with Crippen LogP contribution in [0.4, 0.5) is 0 Å². The fourth-order valence-corrected chi connectivity index (χ4v) is 2.05. The van der Waals surface area contributed by atoms with Crippen LogP contribution >= 0.6 is 0 Å². The van der Waals surface area contributed by atoms with Crippen LogP contribution < -0.4 is 5.32 Å². The van der Waals surface area contributed by atoms with E-state index in [1.54, 1.807) is 6.07 Å². The number of benzene rings is 1. The summed E-state index contributed by atoms with van der Waals surface area (Å²) < 4.78 is 5.37. The van der Waals surface area contributed by atoms with Gasteiger partial charge in [0.25, 0.3) is 0 Å². The van der Waals surface area contributed by atoms with Crippen LogP contribution in [-0.4, -0.2) is 5.54 Å². The third kappa shape index (κ3) is 4.25. The van der Waals surface area contributed by atoms with E-state index in [-0.39, 0.29) is 5.54 Å². The third-order valence-electron chi connectivity index (χ3n) is 3.39. The first-order valence-electron chi connectivity index (χ1n) is 6.87. The molecule has 2 aromatic rings. The number of hydrogen-bond acceptors (Lipinski definition) is 3. The Balaban J connectivity index is 1.83. The van der Waals surface area contributed by atoms with Gasteiger partial charge in [0.2, 0.25) is 5.76 Å². The van der Waals surface area contributed by atoms with Crippen molar-refractivity contribution >= 4 is 0 Å². The summed E-state index contributed by atoms with van der Waals surface area (Å²) in [4.78, 5) is 0. The van der Waals surface area contributed by atoms with Gasteiger partial charge >= 0.3 is 0 Å². The summed E-state index contributed by atoms with van der Waals surface area (Å²) in [6.45, 7) is 5.01. The molecule has 0 fully saturated rings. The van der Waals surface area contributed by atoms with Crippen molar-refractivity contribution in [2.24, 2.45) is 0 Å². The van der Waals surface area contributed by atoms with E-state index in [9.17, 15) is 0 Å². The molecule has 0 atom stereocenters. The Morgan fingerprint density at radius 3 is 2.55 bits per heavy atom. The molecule has 0 amide bonds. The van der Waals surface area contributed by atoms with E-state index in [4.69, 9.17) is 9.68 Å². The van der Waals surface area contributed by atoms with Gasteiger partial charge in [-0.1, -0.05) is 30.3 Å². The molecule has 104 valence electrons. The lowest BCUT2D eigenvalue weighted by molar-refractivity contribution is 0.339. The van der Waals surface area contributed by atoms with Crippen molar-refractivity contribution in [3.63, 3.8) is 0 Å². The monoisotopic (exact) mass is 268 g/mol. The van der Waals surface area contributed by atoms with E-state index in [0.29, 0.717) is 12.3 Å². The average Bonchev–Trinajstić information content (AvgIpc) is 2.93. The fourth-order valence-electron chi connectivity index (χ4n) is 2.05. The second-order valence-corrected chi connectivity index (χ2v) is 5.60. The molecule has 0 saturated heterocycles. The first kappa shape index (κ1) is 14.4. The lowest BCUT2D eigenvalue weighted by atomic mass is 9.95. The van der Waals surface area contributed by atoms with E-state index in [1.165, 1.54) is 5.56 Å². The molecule has 0 aliphatic rings. The van der Waals surface area contributed by atoms with Crippen LogP contribution in [0.25, 0.3) is 0 Å². The average molecular weight is 268 g/mol. The fraction of sp³-hybridized carbons (Fsp3) is 0.353. The van der Waals surface area contributed by atoms with E-state index in [0.717, 1.165) is 18.6 Å². The summed E-state index contributed by atoms with van der Waals surface area (Å²) in [6.07, 6.45) is 2.09. The number of rotatable bonds is 6. The highest BCUT2D eigenvalue weighted by Gasteiger charge is 2.17. The molecule has 3 nitrogen and oxygen atoms in total. The second kappa shape index (κ2) is 6.40. The zero-order valence-electron chi connectivity index (χ0n) is 12.0. The molecule has 20 heavy (non-hydrogen) atoms. The van der Waals surface area contributed by atoms with E-state index in [1.807, 2.05) is 18.2 Å². The smallest absolute Gasteiger partial charge is 0.203 e. The Kier molecular flexibility index (Phi) is 4.60. The Labute approximate surface area is 120 Å². The summed E-state index contributed by atoms with van der Waals surface area (Å²) in [5.74, 6) is 1.17. The molecule has 0 bridgehead atoms. The molecule has 2 rings (SSSR count). The number of furan rings is 1.